The molecule has 1 aliphatic rings. The molecule has 0 saturated carbocycles. The Hall–Kier alpha value is -2.26. The minimum atomic E-state index is -0.341. The number of fused-ring (bicyclic) bond motifs is 1. The van der Waals surface area contributed by atoms with Crippen LogP contribution in [0.2, 0.25) is 0 Å². The summed E-state index contributed by atoms with van der Waals surface area (Å²) in [6.07, 6.45) is 0. The molecule has 0 aliphatic carbocycles. The molecule has 1 fully saturated rings. The number of anilines is 1. The number of nitrogens with one attached hydrogen (secondary N) is 1. The minimum absolute atomic E-state index is 0.0462. The van der Waals surface area contributed by atoms with E-state index in [0.717, 1.165) is 15.1 Å². The monoisotopic (exact) mass is 292 g/mol. The lowest BCUT2D eigenvalue weighted by molar-refractivity contribution is -0.125. The van der Waals surface area contributed by atoms with Gasteiger partial charge >= 0.3 is 6.03 Å². The second-order valence-electron chi connectivity index (χ2n) is 4.39. The number of imide groups is 1. The number of hydrogen-bond donors (Lipinski definition) is 2. The van der Waals surface area contributed by atoms with Gasteiger partial charge in [-0.15, -0.1) is 11.3 Å². The molecule has 104 valence electrons. The van der Waals surface area contributed by atoms with Gasteiger partial charge in [0.05, 0.1) is 11.9 Å². The van der Waals surface area contributed by atoms with Gasteiger partial charge in [-0.05, 0) is 11.4 Å². The van der Waals surface area contributed by atoms with Crippen LogP contribution in [0.4, 0.5) is 10.6 Å². The Morgan fingerprint density at radius 1 is 1.45 bits per heavy atom. The van der Waals surface area contributed by atoms with Crippen molar-refractivity contribution in [2.45, 2.75) is 6.54 Å². The number of likely N-dealkylation sites (N-methyl/N-ethyl adjacent to an activating group) is 1. The van der Waals surface area contributed by atoms with Crippen LogP contribution in [0.5, 0.6) is 0 Å². The van der Waals surface area contributed by atoms with Crippen molar-refractivity contribution in [3.05, 3.63) is 17.3 Å². The quantitative estimate of drug-likeness (QED) is 0.481. The molecule has 20 heavy (non-hydrogen) atoms. The summed E-state index contributed by atoms with van der Waals surface area (Å²) < 4.78 is 0. The smallest absolute Gasteiger partial charge is 0.318 e. The predicted octanol–water partition coefficient (Wildman–Crippen LogP) is 0.371. The van der Waals surface area contributed by atoms with Gasteiger partial charge in [0, 0.05) is 7.05 Å². The fraction of sp³-hybridized carbons (Fsp3) is 0.273. The number of rotatable bonds is 3. The van der Waals surface area contributed by atoms with Gasteiger partial charge in [-0.2, -0.15) is 0 Å². The lowest BCUT2D eigenvalue weighted by Crippen LogP contribution is -2.31. The highest BCUT2D eigenvalue weighted by atomic mass is 32.1. The van der Waals surface area contributed by atoms with E-state index in [1.807, 2.05) is 11.4 Å². The van der Waals surface area contributed by atoms with Gasteiger partial charge in [0.1, 0.15) is 11.4 Å². The van der Waals surface area contributed by atoms with Crippen LogP contribution in [0.25, 0.3) is 10.2 Å². The molecule has 3 amide bonds. The van der Waals surface area contributed by atoms with E-state index in [2.05, 4.69) is 15.4 Å². The fourth-order valence-electron chi connectivity index (χ4n) is 2.05. The SMILES string of the molecule is CN1CC(=O)N(Cc2nc(NN)c3ccsc3n2)C1=O. The van der Waals surface area contributed by atoms with E-state index >= 15 is 0 Å². The Morgan fingerprint density at radius 3 is 2.90 bits per heavy atom. The molecule has 2 aromatic heterocycles. The highest BCUT2D eigenvalue weighted by Crippen LogP contribution is 2.25. The molecular weight excluding hydrogens is 280 g/mol. The number of nitrogen functional groups attached to an aromatic ring is 1. The van der Waals surface area contributed by atoms with Crippen molar-refractivity contribution in [2.24, 2.45) is 5.84 Å². The Kier molecular flexibility index (Phi) is 2.99. The number of hydrazine groups is 1. The zero-order valence-corrected chi connectivity index (χ0v) is 11.5. The normalized spacial score (nSPS) is 15.5. The Morgan fingerprint density at radius 2 is 2.25 bits per heavy atom. The van der Waals surface area contributed by atoms with Crippen LogP contribution in [0.15, 0.2) is 11.4 Å². The second-order valence-corrected chi connectivity index (χ2v) is 5.29. The summed E-state index contributed by atoms with van der Waals surface area (Å²) in [5, 5.41) is 2.70. The van der Waals surface area contributed by atoms with Gasteiger partial charge in [-0.3, -0.25) is 9.69 Å². The maximum Gasteiger partial charge on any atom is 0.327 e. The summed E-state index contributed by atoms with van der Waals surface area (Å²) in [7, 11) is 1.58. The highest BCUT2D eigenvalue weighted by molar-refractivity contribution is 7.16. The van der Waals surface area contributed by atoms with Crippen LogP contribution in [-0.2, 0) is 11.3 Å². The Bertz CT molecular complexity index is 699. The molecule has 8 nitrogen and oxygen atoms in total. The number of thiophene rings is 1. The van der Waals surface area contributed by atoms with Gasteiger partial charge in [0.25, 0.3) is 5.91 Å². The van der Waals surface area contributed by atoms with Gasteiger partial charge in [0.15, 0.2) is 11.6 Å². The third-order valence-corrected chi connectivity index (χ3v) is 3.85. The molecular formula is C11H12N6O2S. The maximum atomic E-state index is 11.8. The third-order valence-electron chi connectivity index (χ3n) is 3.04. The topological polar surface area (TPSA) is 104 Å². The molecule has 0 atom stereocenters. The summed E-state index contributed by atoms with van der Waals surface area (Å²) >= 11 is 1.45. The highest BCUT2D eigenvalue weighted by Gasteiger charge is 2.34. The largest absolute Gasteiger partial charge is 0.327 e. The summed E-state index contributed by atoms with van der Waals surface area (Å²) in [5.41, 5.74) is 2.51. The maximum absolute atomic E-state index is 11.8. The van der Waals surface area contributed by atoms with E-state index < -0.39 is 0 Å². The van der Waals surface area contributed by atoms with E-state index in [1.54, 1.807) is 7.05 Å². The number of carbonyl (C=O) groups is 2. The van der Waals surface area contributed by atoms with Crippen molar-refractivity contribution < 1.29 is 9.59 Å². The number of amides is 3. The molecule has 9 heteroatoms. The molecule has 2 aromatic rings. The number of nitrogens with two attached hydrogens (primary N) is 1. The third kappa shape index (κ3) is 1.96. The summed E-state index contributed by atoms with van der Waals surface area (Å²) in [6.45, 7) is 0.132. The Labute approximate surface area is 118 Å². The van der Waals surface area contributed by atoms with Gasteiger partial charge in [-0.1, -0.05) is 0 Å². The first kappa shape index (κ1) is 12.8. The molecule has 1 aliphatic heterocycles. The van der Waals surface area contributed by atoms with Crippen LogP contribution in [0.3, 0.4) is 0 Å². The zero-order valence-electron chi connectivity index (χ0n) is 10.7. The lowest BCUT2D eigenvalue weighted by atomic mass is 10.3. The number of aromatic nitrogens is 2. The molecule has 0 unspecified atom stereocenters. The molecule has 3 rings (SSSR count). The molecule has 3 N–H and O–H groups in total. The first-order chi connectivity index (χ1) is 9.60. The van der Waals surface area contributed by atoms with E-state index in [0.29, 0.717) is 11.6 Å². The second kappa shape index (κ2) is 4.69. The number of nitrogens with zero attached hydrogens (tertiary/aromatic N) is 4. The van der Waals surface area contributed by atoms with E-state index in [4.69, 9.17) is 5.84 Å². The predicted molar refractivity (Wildman–Crippen MR) is 73.8 cm³/mol. The van der Waals surface area contributed by atoms with Crippen LogP contribution in [0, 0.1) is 0 Å². The van der Waals surface area contributed by atoms with Gasteiger partial charge < -0.3 is 10.3 Å². The number of urea groups is 1. The van der Waals surface area contributed by atoms with Gasteiger partial charge in [-0.25, -0.2) is 20.6 Å². The average molecular weight is 292 g/mol. The average Bonchev–Trinajstić information content (AvgIpc) is 2.98. The minimum Gasteiger partial charge on any atom is -0.318 e. The van der Waals surface area contributed by atoms with E-state index in [-0.39, 0.29) is 25.0 Å². The van der Waals surface area contributed by atoms with Crippen molar-refractivity contribution in [3.63, 3.8) is 0 Å². The molecule has 0 spiro atoms. The van der Waals surface area contributed by atoms with Crippen molar-refractivity contribution in [3.8, 4) is 0 Å². The summed E-state index contributed by atoms with van der Waals surface area (Å²) in [6, 6.07) is 1.52. The van der Waals surface area contributed by atoms with E-state index in [9.17, 15) is 9.59 Å². The zero-order chi connectivity index (χ0) is 14.3. The fourth-order valence-corrected chi connectivity index (χ4v) is 2.83. The van der Waals surface area contributed by atoms with Crippen LogP contribution >= 0.6 is 11.3 Å². The number of carbonyl (C=O) groups excluding carboxylic acids is 2. The standard InChI is InChI=1S/C11H12N6O2S/c1-16-5-8(18)17(11(16)19)4-7-13-9(15-12)6-2-3-20-10(6)14-7/h2-3H,4-5,12H2,1H3,(H,13,14,15). The first-order valence-corrected chi connectivity index (χ1v) is 6.74. The Balaban J connectivity index is 1.95. The summed E-state index contributed by atoms with van der Waals surface area (Å²) in [5.74, 6) is 6.05. The van der Waals surface area contributed by atoms with Crippen LogP contribution in [0.1, 0.15) is 5.82 Å². The van der Waals surface area contributed by atoms with Crippen molar-refractivity contribution in [1.29, 1.82) is 0 Å². The molecule has 3 heterocycles. The van der Waals surface area contributed by atoms with Crippen molar-refractivity contribution in [1.82, 2.24) is 19.8 Å². The lowest BCUT2D eigenvalue weighted by Gasteiger charge is -2.13. The van der Waals surface area contributed by atoms with Crippen molar-refractivity contribution >= 4 is 39.3 Å². The van der Waals surface area contributed by atoms with Gasteiger partial charge in [0.2, 0.25) is 0 Å². The number of hydrogen-bond acceptors (Lipinski definition) is 7. The van der Waals surface area contributed by atoms with Crippen LogP contribution in [-0.4, -0.2) is 45.3 Å². The molecule has 1 saturated heterocycles. The molecule has 0 aromatic carbocycles. The van der Waals surface area contributed by atoms with Crippen LogP contribution < -0.4 is 11.3 Å². The van der Waals surface area contributed by atoms with Crippen molar-refractivity contribution in [2.75, 3.05) is 19.0 Å². The molecule has 0 radical (unpaired) electrons. The summed E-state index contributed by atoms with van der Waals surface area (Å²) in [4.78, 5) is 35.4. The first-order valence-electron chi connectivity index (χ1n) is 5.86. The molecule has 0 bridgehead atoms. The van der Waals surface area contributed by atoms with E-state index in [1.165, 1.54) is 16.2 Å².